The molecule has 2 heterocycles. The Hall–Kier alpha value is -1.68. The molecule has 0 saturated heterocycles. The van der Waals surface area contributed by atoms with Gasteiger partial charge in [-0.05, 0) is 25.3 Å². The standard InChI is InChI=1S/C18H26N6O.HI/c1-2-19-18(20-11-10-15(25)14-7-4-3-5-8-14)21-13-17-23-22-16-9-6-12-24(16)17;/h3-5,7-8,15,25H,2,6,9-13H2,1H3,(H2,19,20,21);1H. The zero-order chi connectivity index (χ0) is 17.5. The van der Waals surface area contributed by atoms with Crippen LogP contribution in [-0.4, -0.2) is 38.9 Å². The minimum Gasteiger partial charge on any atom is -0.388 e. The van der Waals surface area contributed by atoms with Gasteiger partial charge >= 0.3 is 0 Å². The molecule has 1 aromatic carbocycles. The van der Waals surface area contributed by atoms with Gasteiger partial charge in [0, 0.05) is 26.1 Å². The fraction of sp³-hybridized carbons (Fsp3) is 0.500. The number of aliphatic hydroxyl groups is 1. The third-order valence-electron chi connectivity index (χ3n) is 4.30. The Bertz CT molecular complexity index is 703. The molecule has 0 amide bonds. The third kappa shape index (κ3) is 5.41. The first-order valence-corrected chi connectivity index (χ1v) is 8.94. The quantitative estimate of drug-likeness (QED) is 0.328. The van der Waals surface area contributed by atoms with Gasteiger partial charge in [-0.15, -0.1) is 34.2 Å². The van der Waals surface area contributed by atoms with Crippen LogP contribution in [-0.2, 0) is 19.5 Å². The van der Waals surface area contributed by atoms with Gasteiger partial charge in [-0.2, -0.15) is 0 Å². The summed E-state index contributed by atoms with van der Waals surface area (Å²) >= 11 is 0. The number of hydrogen-bond donors (Lipinski definition) is 3. The van der Waals surface area contributed by atoms with Gasteiger partial charge in [0.2, 0.25) is 0 Å². The summed E-state index contributed by atoms with van der Waals surface area (Å²) < 4.78 is 2.16. The number of rotatable bonds is 7. The smallest absolute Gasteiger partial charge is 0.191 e. The van der Waals surface area contributed by atoms with Crippen LogP contribution in [0.3, 0.4) is 0 Å². The fourth-order valence-corrected chi connectivity index (χ4v) is 2.99. The van der Waals surface area contributed by atoms with Crippen molar-refractivity contribution >= 4 is 29.9 Å². The van der Waals surface area contributed by atoms with E-state index in [0.29, 0.717) is 19.5 Å². The number of hydrogen-bond acceptors (Lipinski definition) is 4. The molecule has 1 atom stereocenters. The molecule has 1 aliphatic rings. The lowest BCUT2D eigenvalue weighted by atomic mass is 10.1. The highest BCUT2D eigenvalue weighted by Crippen LogP contribution is 2.15. The number of guanidine groups is 1. The predicted octanol–water partition coefficient (Wildman–Crippen LogP) is 2.02. The molecule has 26 heavy (non-hydrogen) atoms. The Labute approximate surface area is 171 Å². The summed E-state index contributed by atoms with van der Waals surface area (Å²) in [5.74, 6) is 2.71. The van der Waals surface area contributed by atoms with Gasteiger partial charge in [0.1, 0.15) is 12.4 Å². The van der Waals surface area contributed by atoms with E-state index in [1.165, 1.54) is 0 Å². The van der Waals surface area contributed by atoms with Crippen molar-refractivity contribution in [2.75, 3.05) is 13.1 Å². The van der Waals surface area contributed by atoms with Crippen LogP contribution in [0.5, 0.6) is 0 Å². The van der Waals surface area contributed by atoms with Gasteiger partial charge in [0.05, 0.1) is 6.10 Å². The number of benzene rings is 1. The average Bonchev–Trinajstić information content (AvgIpc) is 3.24. The normalized spacial score (nSPS) is 14.5. The highest BCUT2D eigenvalue weighted by molar-refractivity contribution is 14.0. The Kier molecular flexibility index (Phi) is 8.30. The summed E-state index contributed by atoms with van der Waals surface area (Å²) in [5, 5.41) is 25.2. The van der Waals surface area contributed by atoms with Crippen molar-refractivity contribution in [3.05, 3.63) is 47.5 Å². The van der Waals surface area contributed by atoms with E-state index in [9.17, 15) is 5.11 Å². The maximum absolute atomic E-state index is 10.2. The SMILES string of the molecule is CCNC(=NCc1nnc2n1CCC2)NCCC(O)c1ccccc1.I. The van der Waals surface area contributed by atoms with Crippen LogP contribution in [0.2, 0.25) is 0 Å². The lowest BCUT2D eigenvalue weighted by molar-refractivity contribution is 0.168. The first kappa shape index (κ1) is 20.6. The minimum absolute atomic E-state index is 0. The number of nitrogens with zero attached hydrogens (tertiary/aromatic N) is 4. The summed E-state index contributed by atoms with van der Waals surface area (Å²) in [6, 6.07) is 9.71. The lowest BCUT2D eigenvalue weighted by Gasteiger charge is -2.14. The van der Waals surface area contributed by atoms with E-state index in [1.54, 1.807) is 0 Å². The predicted molar refractivity (Wildman–Crippen MR) is 113 cm³/mol. The number of fused-ring (bicyclic) bond motifs is 1. The molecule has 0 radical (unpaired) electrons. The topological polar surface area (TPSA) is 87.4 Å². The maximum atomic E-state index is 10.2. The molecule has 1 aromatic heterocycles. The Morgan fingerprint density at radius 1 is 1.27 bits per heavy atom. The molecule has 0 fully saturated rings. The molecule has 1 unspecified atom stereocenters. The van der Waals surface area contributed by atoms with Crippen LogP contribution < -0.4 is 10.6 Å². The maximum Gasteiger partial charge on any atom is 0.191 e. The van der Waals surface area contributed by atoms with Crippen LogP contribution in [0.25, 0.3) is 0 Å². The van der Waals surface area contributed by atoms with Crippen molar-refractivity contribution in [2.45, 2.75) is 45.4 Å². The monoisotopic (exact) mass is 470 g/mol. The largest absolute Gasteiger partial charge is 0.388 e. The van der Waals surface area contributed by atoms with Crippen molar-refractivity contribution in [1.29, 1.82) is 0 Å². The Morgan fingerprint density at radius 3 is 2.85 bits per heavy atom. The summed E-state index contributed by atoms with van der Waals surface area (Å²) in [5.41, 5.74) is 0.935. The zero-order valence-corrected chi connectivity index (χ0v) is 17.4. The molecule has 3 rings (SSSR count). The van der Waals surface area contributed by atoms with E-state index in [4.69, 9.17) is 0 Å². The molecule has 3 N–H and O–H groups in total. The summed E-state index contributed by atoms with van der Waals surface area (Å²) in [4.78, 5) is 4.59. The summed E-state index contributed by atoms with van der Waals surface area (Å²) in [7, 11) is 0. The lowest BCUT2D eigenvalue weighted by Crippen LogP contribution is -2.38. The van der Waals surface area contributed by atoms with Gasteiger partial charge in [0.25, 0.3) is 0 Å². The fourth-order valence-electron chi connectivity index (χ4n) is 2.99. The zero-order valence-electron chi connectivity index (χ0n) is 15.1. The van der Waals surface area contributed by atoms with Crippen molar-refractivity contribution in [3.8, 4) is 0 Å². The second-order valence-electron chi connectivity index (χ2n) is 6.12. The minimum atomic E-state index is -0.476. The molecule has 7 nitrogen and oxygen atoms in total. The van der Waals surface area contributed by atoms with Crippen molar-refractivity contribution in [2.24, 2.45) is 4.99 Å². The number of nitrogens with one attached hydrogen (secondary N) is 2. The number of halogens is 1. The van der Waals surface area contributed by atoms with E-state index >= 15 is 0 Å². The molecule has 142 valence electrons. The second kappa shape index (κ2) is 10.5. The van der Waals surface area contributed by atoms with E-state index in [-0.39, 0.29) is 24.0 Å². The molecule has 8 heteroatoms. The van der Waals surface area contributed by atoms with Crippen LogP contribution in [0.15, 0.2) is 35.3 Å². The van der Waals surface area contributed by atoms with Crippen molar-refractivity contribution < 1.29 is 5.11 Å². The van der Waals surface area contributed by atoms with Crippen LogP contribution in [0, 0.1) is 0 Å². The molecule has 1 aliphatic heterocycles. The molecule has 0 aliphatic carbocycles. The molecular formula is C18H27IN6O. The summed E-state index contributed by atoms with van der Waals surface area (Å²) in [6.45, 7) is 4.94. The number of aryl methyl sites for hydroxylation is 1. The summed E-state index contributed by atoms with van der Waals surface area (Å²) in [6.07, 6.45) is 2.29. The number of aliphatic imine (C=N–C) groups is 1. The highest BCUT2D eigenvalue weighted by atomic mass is 127. The van der Waals surface area contributed by atoms with Crippen LogP contribution in [0.4, 0.5) is 0 Å². The van der Waals surface area contributed by atoms with Crippen LogP contribution in [0.1, 0.15) is 43.1 Å². The molecular weight excluding hydrogens is 443 g/mol. The second-order valence-corrected chi connectivity index (χ2v) is 6.12. The number of aliphatic hydroxyl groups excluding tert-OH is 1. The average molecular weight is 470 g/mol. The van der Waals surface area contributed by atoms with E-state index in [0.717, 1.165) is 49.1 Å². The highest BCUT2D eigenvalue weighted by Gasteiger charge is 2.16. The molecule has 2 aromatic rings. The first-order valence-electron chi connectivity index (χ1n) is 8.94. The van der Waals surface area contributed by atoms with E-state index in [1.807, 2.05) is 37.3 Å². The Balaban J connectivity index is 0.00000243. The van der Waals surface area contributed by atoms with Gasteiger partial charge in [-0.1, -0.05) is 30.3 Å². The Morgan fingerprint density at radius 2 is 2.08 bits per heavy atom. The van der Waals surface area contributed by atoms with Crippen molar-refractivity contribution in [1.82, 2.24) is 25.4 Å². The van der Waals surface area contributed by atoms with Gasteiger partial charge < -0.3 is 20.3 Å². The molecule has 0 saturated carbocycles. The van der Waals surface area contributed by atoms with Crippen molar-refractivity contribution in [3.63, 3.8) is 0 Å². The van der Waals surface area contributed by atoms with Crippen LogP contribution >= 0.6 is 24.0 Å². The number of aromatic nitrogens is 3. The van der Waals surface area contributed by atoms with E-state index < -0.39 is 6.10 Å². The van der Waals surface area contributed by atoms with Gasteiger partial charge in [-0.25, -0.2) is 4.99 Å². The van der Waals surface area contributed by atoms with Gasteiger partial charge in [-0.3, -0.25) is 0 Å². The molecule has 0 bridgehead atoms. The van der Waals surface area contributed by atoms with E-state index in [2.05, 4.69) is 30.4 Å². The van der Waals surface area contributed by atoms with Gasteiger partial charge in [0.15, 0.2) is 11.8 Å². The third-order valence-corrected chi connectivity index (χ3v) is 4.30. The molecule has 0 spiro atoms. The first-order chi connectivity index (χ1) is 12.3.